The molecular weight excluding hydrogens is 467 g/mol. The predicted molar refractivity (Wildman–Crippen MR) is 118 cm³/mol. The minimum atomic E-state index is -3.13. The van der Waals surface area contributed by atoms with Gasteiger partial charge in [0.1, 0.15) is 5.75 Å². The second kappa shape index (κ2) is 13.2. The fourth-order valence-electron chi connectivity index (χ4n) is 2.20. The molecule has 0 heterocycles. The van der Waals surface area contributed by atoms with Crippen molar-refractivity contribution in [1.29, 1.82) is 0 Å². The molecule has 1 aromatic carbocycles. The molecule has 0 fully saturated rings. The zero-order valence-electron chi connectivity index (χ0n) is 16.0. The Kier molecular flexibility index (Phi) is 12.6. The zero-order valence-corrected chi connectivity index (χ0v) is 19.1. The van der Waals surface area contributed by atoms with Crippen molar-refractivity contribution in [3.05, 3.63) is 29.8 Å². The van der Waals surface area contributed by atoms with Crippen molar-refractivity contribution in [3.8, 4) is 5.75 Å². The lowest BCUT2D eigenvalue weighted by Gasteiger charge is -2.22. The molecule has 0 unspecified atom stereocenters. The van der Waals surface area contributed by atoms with Gasteiger partial charge in [-0.15, -0.1) is 24.0 Å². The summed E-state index contributed by atoms with van der Waals surface area (Å²) in [6.07, 6.45) is 1.81. The molecule has 0 saturated heterocycles. The highest BCUT2D eigenvalue weighted by Gasteiger charge is 2.07. The summed E-state index contributed by atoms with van der Waals surface area (Å²) >= 11 is 0. The van der Waals surface area contributed by atoms with E-state index in [1.165, 1.54) is 0 Å². The van der Waals surface area contributed by atoms with Crippen LogP contribution in [0.25, 0.3) is 0 Å². The van der Waals surface area contributed by atoms with Gasteiger partial charge in [0.2, 0.25) is 10.0 Å². The molecule has 150 valence electrons. The maximum absolute atomic E-state index is 11.0. The summed E-state index contributed by atoms with van der Waals surface area (Å²) in [6.45, 7) is 7.08. The van der Waals surface area contributed by atoms with E-state index < -0.39 is 10.0 Å². The Morgan fingerprint density at radius 1 is 1.23 bits per heavy atom. The normalized spacial score (nSPS) is 11.6. The first kappa shape index (κ1) is 24.9. The molecule has 0 aliphatic heterocycles. The molecule has 2 N–H and O–H groups in total. The van der Waals surface area contributed by atoms with Crippen LogP contribution < -0.4 is 14.8 Å². The molecule has 0 bridgehead atoms. The Hall–Kier alpha value is -1.07. The van der Waals surface area contributed by atoms with E-state index >= 15 is 0 Å². The molecule has 7 nitrogen and oxygen atoms in total. The average molecular weight is 498 g/mol. The van der Waals surface area contributed by atoms with E-state index in [0.717, 1.165) is 36.6 Å². The van der Waals surface area contributed by atoms with Crippen LogP contribution in [0.2, 0.25) is 0 Å². The molecule has 1 aromatic rings. The highest BCUT2D eigenvalue weighted by atomic mass is 127. The third-order valence-electron chi connectivity index (χ3n) is 3.31. The molecule has 0 atom stereocenters. The van der Waals surface area contributed by atoms with Gasteiger partial charge in [-0.3, -0.25) is 4.99 Å². The fourth-order valence-corrected chi connectivity index (χ4v) is 2.71. The smallest absolute Gasteiger partial charge is 0.208 e. The second-order valence-corrected chi connectivity index (χ2v) is 7.52. The monoisotopic (exact) mass is 498 g/mol. The molecule has 9 heteroatoms. The number of guanidine groups is 1. The number of hydrogen-bond donors (Lipinski definition) is 2. The number of ether oxygens (including phenoxy) is 1. The van der Waals surface area contributed by atoms with Crippen molar-refractivity contribution in [1.82, 2.24) is 14.9 Å². The van der Waals surface area contributed by atoms with Gasteiger partial charge in [-0.1, -0.05) is 12.1 Å². The van der Waals surface area contributed by atoms with Crippen molar-refractivity contribution >= 4 is 40.0 Å². The summed E-state index contributed by atoms with van der Waals surface area (Å²) in [6, 6.07) is 8.02. The summed E-state index contributed by atoms with van der Waals surface area (Å²) in [7, 11) is -1.16. The summed E-state index contributed by atoms with van der Waals surface area (Å²) < 4.78 is 30.0. The fraction of sp³-hybridized carbons (Fsp3) is 0.588. The second-order valence-electron chi connectivity index (χ2n) is 5.69. The van der Waals surface area contributed by atoms with Crippen LogP contribution in [-0.2, 0) is 16.6 Å². The number of sulfonamides is 1. The highest BCUT2D eigenvalue weighted by molar-refractivity contribution is 14.0. The van der Waals surface area contributed by atoms with E-state index in [0.29, 0.717) is 26.1 Å². The van der Waals surface area contributed by atoms with Gasteiger partial charge < -0.3 is 15.0 Å². The lowest BCUT2D eigenvalue weighted by molar-refractivity contribution is 0.340. The van der Waals surface area contributed by atoms with Gasteiger partial charge in [-0.25, -0.2) is 13.1 Å². The molecule has 1 rings (SSSR count). The number of hydrogen-bond acceptors (Lipinski definition) is 4. The Balaban J connectivity index is 0.00000625. The molecular formula is C17H31IN4O3S. The van der Waals surface area contributed by atoms with Crippen molar-refractivity contribution in [2.45, 2.75) is 26.8 Å². The molecule has 26 heavy (non-hydrogen) atoms. The van der Waals surface area contributed by atoms with Crippen LogP contribution in [0.4, 0.5) is 0 Å². The minimum absolute atomic E-state index is 0. The average Bonchev–Trinajstić information content (AvgIpc) is 2.54. The van der Waals surface area contributed by atoms with Crippen LogP contribution in [-0.4, -0.2) is 58.8 Å². The Morgan fingerprint density at radius 2 is 1.88 bits per heavy atom. The van der Waals surface area contributed by atoms with Crippen molar-refractivity contribution < 1.29 is 13.2 Å². The maximum Gasteiger partial charge on any atom is 0.208 e. The first-order valence-corrected chi connectivity index (χ1v) is 10.4. The Bertz CT molecular complexity index is 636. The molecule has 0 amide bonds. The first-order chi connectivity index (χ1) is 11.9. The standard InChI is InChI=1S/C17H30N4O3S.HI/c1-5-18-17(19-12-7-13-20-25(4,22)23)21(3)14-15-8-10-16(11-9-15)24-6-2;/h8-11,20H,5-7,12-14H2,1-4H3,(H,18,19);1H. The molecule has 0 aromatic heterocycles. The van der Waals surface area contributed by atoms with E-state index in [-0.39, 0.29) is 24.0 Å². The van der Waals surface area contributed by atoms with E-state index in [2.05, 4.69) is 15.0 Å². The van der Waals surface area contributed by atoms with E-state index in [1.54, 1.807) is 0 Å². The van der Waals surface area contributed by atoms with Gasteiger partial charge in [-0.05, 0) is 38.0 Å². The number of aliphatic imine (C=N–C) groups is 1. The van der Waals surface area contributed by atoms with Crippen LogP contribution in [0.1, 0.15) is 25.8 Å². The van der Waals surface area contributed by atoms with Crippen LogP contribution in [0.3, 0.4) is 0 Å². The Labute approximate surface area is 174 Å². The van der Waals surface area contributed by atoms with Gasteiger partial charge in [-0.2, -0.15) is 0 Å². The third kappa shape index (κ3) is 10.8. The Morgan fingerprint density at radius 3 is 2.42 bits per heavy atom. The number of nitrogens with one attached hydrogen (secondary N) is 2. The number of benzene rings is 1. The van der Waals surface area contributed by atoms with Crippen molar-refractivity contribution in [3.63, 3.8) is 0 Å². The molecule has 0 spiro atoms. The number of halogens is 1. The first-order valence-electron chi connectivity index (χ1n) is 8.51. The maximum atomic E-state index is 11.0. The number of rotatable bonds is 10. The van der Waals surface area contributed by atoms with E-state index in [9.17, 15) is 8.42 Å². The van der Waals surface area contributed by atoms with Gasteiger partial charge in [0.25, 0.3) is 0 Å². The van der Waals surface area contributed by atoms with Gasteiger partial charge in [0.15, 0.2) is 5.96 Å². The van der Waals surface area contributed by atoms with Crippen LogP contribution in [0, 0.1) is 0 Å². The van der Waals surface area contributed by atoms with Crippen LogP contribution in [0.15, 0.2) is 29.3 Å². The third-order valence-corrected chi connectivity index (χ3v) is 4.04. The summed E-state index contributed by atoms with van der Waals surface area (Å²) in [5.74, 6) is 1.67. The number of nitrogens with zero attached hydrogens (tertiary/aromatic N) is 2. The predicted octanol–water partition coefficient (Wildman–Crippen LogP) is 2.04. The van der Waals surface area contributed by atoms with E-state index in [1.807, 2.05) is 50.1 Å². The van der Waals surface area contributed by atoms with Crippen LogP contribution in [0.5, 0.6) is 5.75 Å². The quantitative estimate of drug-likeness (QED) is 0.223. The molecule has 0 saturated carbocycles. The molecule has 0 aliphatic carbocycles. The van der Waals surface area contributed by atoms with Crippen LogP contribution >= 0.6 is 24.0 Å². The minimum Gasteiger partial charge on any atom is -0.494 e. The van der Waals surface area contributed by atoms with Gasteiger partial charge >= 0.3 is 0 Å². The SMILES string of the molecule is CCNC(=NCCCNS(C)(=O)=O)N(C)Cc1ccc(OCC)cc1.I. The summed E-state index contributed by atoms with van der Waals surface area (Å²) in [4.78, 5) is 6.59. The largest absolute Gasteiger partial charge is 0.494 e. The van der Waals surface area contributed by atoms with Gasteiger partial charge in [0, 0.05) is 33.2 Å². The molecule has 0 aliphatic rings. The van der Waals surface area contributed by atoms with Gasteiger partial charge in [0.05, 0.1) is 12.9 Å². The highest BCUT2D eigenvalue weighted by Crippen LogP contribution is 2.13. The van der Waals surface area contributed by atoms with Crippen molar-refractivity contribution in [2.75, 3.05) is 39.5 Å². The van der Waals surface area contributed by atoms with Crippen molar-refractivity contribution in [2.24, 2.45) is 4.99 Å². The topological polar surface area (TPSA) is 83.0 Å². The molecule has 0 radical (unpaired) electrons. The summed E-state index contributed by atoms with van der Waals surface area (Å²) in [5, 5.41) is 3.25. The van der Waals surface area contributed by atoms with E-state index in [4.69, 9.17) is 4.74 Å². The lowest BCUT2D eigenvalue weighted by atomic mass is 10.2. The lowest BCUT2D eigenvalue weighted by Crippen LogP contribution is -2.38. The zero-order chi connectivity index (χ0) is 18.7. The summed E-state index contributed by atoms with van der Waals surface area (Å²) in [5.41, 5.74) is 1.16.